The summed E-state index contributed by atoms with van der Waals surface area (Å²) in [4.78, 5) is 27.8. The molecule has 138 valence electrons. The Balaban J connectivity index is 1.49. The number of para-hydroxylation sites is 1. The number of pyridine rings is 1. The second-order valence-electron chi connectivity index (χ2n) is 5.63. The summed E-state index contributed by atoms with van der Waals surface area (Å²) in [6, 6.07) is 15.6. The Morgan fingerprint density at radius 2 is 1.89 bits per heavy atom. The number of hydrogen-bond acceptors (Lipinski definition) is 5. The minimum absolute atomic E-state index is 0.297. The highest BCUT2D eigenvalue weighted by Crippen LogP contribution is 2.22. The number of nitrogens with zero attached hydrogens (tertiary/aromatic N) is 1. The lowest BCUT2D eigenvalue weighted by molar-refractivity contribution is 0.0600. The molecule has 0 spiro atoms. The molecule has 3 rings (SSSR count). The minimum atomic E-state index is -0.462. The second-order valence-corrected chi connectivity index (χ2v) is 5.63. The van der Waals surface area contributed by atoms with Crippen molar-refractivity contribution in [1.29, 1.82) is 0 Å². The van der Waals surface area contributed by atoms with Gasteiger partial charge in [0.1, 0.15) is 17.9 Å². The lowest BCUT2D eigenvalue weighted by atomic mass is 10.2. The number of esters is 1. The van der Waals surface area contributed by atoms with E-state index in [9.17, 15) is 9.59 Å². The van der Waals surface area contributed by atoms with Gasteiger partial charge in [-0.1, -0.05) is 24.3 Å². The molecular formula is C20H19N3O4. The standard InChI is InChI=1S/C20H19N3O4/c1-26-19(24)15-6-2-8-16(13-15)23-20(25)22-11-12-27-17-9-3-5-14-7-4-10-21-18(14)17/h2-10,13H,11-12H2,1H3,(H2,22,23,25). The molecule has 7 nitrogen and oxygen atoms in total. The van der Waals surface area contributed by atoms with E-state index in [1.54, 1.807) is 30.5 Å². The molecule has 27 heavy (non-hydrogen) atoms. The Hall–Kier alpha value is -3.61. The molecule has 1 aromatic heterocycles. The molecule has 0 aliphatic carbocycles. The van der Waals surface area contributed by atoms with Crippen LogP contribution in [0, 0.1) is 0 Å². The quantitative estimate of drug-likeness (QED) is 0.517. The van der Waals surface area contributed by atoms with Crippen molar-refractivity contribution in [2.24, 2.45) is 0 Å². The number of methoxy groups -OCH3 is 1. The van der Waals surface area contributed by atoms with Crippen LogP contribution in [0.2, 0.25) is 0 Å². The summed E-state index contributed by atoms with van der Waals surface area (Å²) in [7, 11) is 1.31. The number of benzene rings is 2. The molecule has 0 saturated heterocycles. The van der Waals surface area contributed by atoms with Crippen LogP contribution in [0.4, 0.5) is 10.5 Å². The van der Waals surface area contributed by atoms with Gasteiger partial charge in [0, 0.05) is 17.3 Å². The summed E-state index contributed by atoms with van der Waals surface area (Å²) >= 11 is 0. The van der Waals surface area contributed by atoms with Crippen LogP contribution in [0.5, 0.6) is 5.75 Å². The lowest BCUT2D eigenvalue weighted by Crippen LogP contribution is -2.32. The molecule has 0 aliphatic rings. The number of urea groups is 1. The van der Waals surface area contributed by atoms with E-state index in [0.29, 0.717) is 30.2 Å². The maximum atomic E-state index is 12.0. The van der Waals surface area contributed by atoms with Gasteiger partial charge in [-0.15, -0.1) is 0 Å². The van der Waals surface area contributed by atoms with Crippen molar-refractivity contribution in [2.75, 3.05) is 25.6 Å². The fraction of sp³-hybridized carbons (Fsp3) is 0.150. The first kappa shape index (κ1) is 18.2. The van der Waals surface area contributed by atoms with Crippen LogP contribution in [0.1, 0.15) is 10.4 Å². The van der Waals surface area contributed by atoms with E-state index in [4.69, 9.17) is 4.74 Å². The third-order valence-electron chi connectivity index (χ3n) is 3.78. The Bertz CT molecular complexity index is 953. The number of fused-ring (bicyclic) bond motifs is 1. The predicted octanol–water partition coefficient (Wildman–Crippen LogP) is 3.22. The van der Waals surface area contributed by atoms with Crippen molar-refractivity contribution in [3.8, 4) is 5.75 Å². The number of hydrogen-bond donors (Lipinski definition) is 2. The monoisotopic (exact) mass is 365 g/mol. The predicted molar refractivity (Wildman–Crippen MR) is 102 cm³/mol. The first-order valence-corrected chi connectivity index (χ1v) is 8.37. The van der Waals surface area contributed by atoms with Crippen LogP contribution in [-0.4, -0.2) is 37.2 Å². The van der Waals surface area contributed by atoms with E-state index in [1.165, 1.54) is 7.11 Å². The minimum Gasteiger partial charge on any atom is -0.489 e. The van der Waals surface area contributed by atoms with Crippen molar-refractivity contribution in [3.63, 3.8) is 0 Å². The van der Waals surface area contributed by atoms with Crippen molar-refractivity contribution < 1.29 is 19.1 Å². The van der Waals surface area contributed by atoms with Crippen LogP contribution in [-0.2, 0) is 4.74 Å². The van der Waals surface area contributed by atoms with Gasteiger partial charge in [0.15, 0.2) is 0 Å². The number of anilines is 1. The van der Waals surface area contributed by atoms with E-state index in [-0.39, 0.29) is 0 Å². The Kier molecular flexibility index (Phi) is 5.84. The molecule has 2 aromatic carbocycles. The van der Waals surface area contributed by atoms with Crippen LogP contribution in [0.15, 0.2) is 60.8 Å². The number of carbonyl (C=O) groups excluding carboxylic acids is 2. The number of rotatable bonds is 6. The summed E-state index contributed by atoms with van der Waals surface area (Å²) in [5, 5.41) is 6.36. The molecule has 0 bridgehead atoms. The zero-order chi connectivity index (χ0) is 19.1. The van der Waals surface area contributed by atoms with Gasteiger partial charge in [-0.05, 0) is 30.3 Å². The van der Waals surface area contributed by atoms with E-state index < -0.39 is 12.0 Å². The van der Waals surface area contributed by atoms with Crippen molar-refractivity contribution in [3.05, 3.63) is 66.4 Å². The summed E-state index contributed by atoms with van der Waals surface area (Å²) in [6.45, 7) is 0.608. The largest absolute Gasteiger partial charge is 0.489 e. The average Bonchev–Trinajstić information content (AvgIpc) is 2.71. The zero-order valence-electron chi connectivity index (χ0n) is 14.8. The first-order valence-electron chi connectivity index (χ1n) is 8.37. The highest BCUT2D eigenvalue weighted by Gasteiger charge is 2.08. The van der Waals surface area contributed by atoms with Crippen LogP contribution in [0.3, 0.4) is 0 Å². The molecule has 0 unspecified atom stereocenters. The van der Waals surface area contributed by atoms with Crippen LogP contribution < -0.4 is 15.4 Å². The topological polar surface area (TPSA) is 89.5 Å². The molecule has 2 amide bonds. The zero-order valence-corrected chi connectivity index (χ0v) is 14.8. The highest BCUT2D eigenvalue weighted by molar-refractivity contribution is 5.93. The van der Waals surface area contributed by atoms with Gasteiger partial charge >= 0.3 is 12.0 Å². The van der Waals surface area contributed by atoms with Crippen LogP contribution >= 0.6 is 0 Å². The van der Waals surface area contributed by atoms with E-state index in [0.717, 1.165) is 10.9 Å². The first-order chi connectivity index (χ1) is 13.2. The Labute approximate surface area is 156 Å². The lowest BCUT2D eigenvalue weighted by Gasteiger charge is -2.10. The third kappa shape index (κ3) is 4.72. The van der Waals surface area contributed by atoms with E-state index in [2.05, 4.69) is 20.4 Å². The fourth-order valence-electron chi connectivity index (χ4n) is 2.54. The summed E-state index contributed by atoms with van der Waals surface area (Å²) < 4.78 is 10.4. The molecule has 7 heteroatoms. The van der Waals surface area contributed by atoms with Gasteiger partial charge in [0.2, 0.25) is 0 Å². The van der Waals surface area contributed by atoms with Gasteiger partial charge < -0.3 is 20.1 Å². The number of ether oxygens (including phenoxy) is 2. The van der Waals surface area contributed by atoms with Crippen molar-refractivity contribution >= 4 is 28.6 Å². The number of amides is 2. The molecule has 0 saturated carbocycles. The summed E-state index contributed by atoms with van der Waals surface area (Å²) in [5.74, 6) is 0.206. The second kappa shape index (κ2) is 8.66. The third-order valence-corrected chi connectivity index (χ3v) is 3.78. The molecule has 0 atom stereocenters. The van der Waals surface area contributed by atoms with E-state index in [1.807, 2.05) is 30.3 Å². The molecule has 0 aliphatic heterocycles. The van der Waals surface area contributed by atoms with Gasteiger partial charge in [-0.2, -0.15) is 0 Å². The number of nitrogens with one attached hydrogen (secondary N) is 2. The molecule has 2 N–H and O–H groups in total. The molecular weight excluding hydrogens is 346 g/mol. The maximum Gasteiger partial charge on any atom is 0.337 e. The fourth-order valence-corrected chi connectivity index (χ4v) is 2.54. The molecule has 3 aromatic rings. The SMILES string of the molecule is COC(=O)c1cccc(NC(=O)NCCOc2cccc3cccnc23)c1. The Morgan fingerprint density at radius 1 is 1.07 bits per heavy atom. The number of carbonyl (C=O) groups is 2. The molecule has 0 radical (unpaired) electrons. The Morgan fingerprint density at radius 3 is 2.74 bits per heavy atom. The van der Waals surface area contributed by atoms with Gasteiger partial charge in [0.25, 0.3) is 0 Å². The van der Waals surface area contributed by atoms with Gasteiger partial charge in [-0.3, -0.25) is 4.98 Å². The maximum absolute atomic E-state index is 12.0. The van der Waals surface area contributed by atoms with Crippen molar-refractivity contribution in [2.45, 2.75) is 0 Å². The number of aromatic nitrogens is 1. The van der Waals surface area contributed by atoms with Crippen LogP contribution in [0.25, 0.3) is 10.9 Å². The van der Waals surface area contributed by atoms with Gasteiger partial charge in [-0.25, -0.2) is 9.59 Å². The normalized spacial score (nSPS) is 10.3. The van der Waals surface area contributed by atoms with Crippen molar-refractivity contribution in [1.82, 2.24) is 10.3 Å². The average molecular weight is 365 g/mol. The molecule has 1 heterocycles. The van der Waals surface area contributed by atoms with Gasteiger partial charge in [0.05, 0.1) is 19.2 Å². The van der Waals surface area contributed by atoms with E-state index >= 15 is 0 Å². The highest BCUT2D eigenvalue weighted by atomic mass is 16.5. The smallest absolute Gasteiger partial charge is 0.337 e. The summed E-state index contributed by atoms with van der Waals surface area (Å²) in [6.07, 6.45) is 1.71. The summed E-state index contributed by atoms with van der Waals surface area (Å²) in [5.41, 5.74) is 1.64. The molecule has 0 fully saturated rings.